The lowest BCUT2D eigenvalue weighted by Gasteiger charge is -2.20. The molecular weight excluding hydrogens is 521 g/mol. The van der Waals surface area contributed by atoms with Gasteiger partial charge in [0.1, 0.15) is 11.7 Å². The second-order valence-electron chi connectivity index (χ2n) is 7.62. The number of benzene rings is 2. The van der Waals surface area contributed by atoms with E-state index >= 15 is 0 Å². The molecule has 36 heavy (non-hydrogen) atoms. The number of ether oxygens (including phenoxy) is 2. The van der Waals surface area contributed by atoms with Gasteiger partial charge in [0.2, 0.25) is 5.17 Å². The molecule has 11 heteroatoms. The minimum atomic E-state index is -0.542. The van der Waals surface area contributed by atoms with Crippen LogP contribution in [0.4, 0.5) is 0 Å². The molecule has 1 aromatic heterocycles. The van der Waals surface area contributed by atoms with Crippen LogP contribution >= 0.6 is 35.0 Å². The number of hydrogen-bond acceptors (Lipinski definition) is 7. The number of amidine groups is 2. The van der Waals surface area contributed by atoms with E-state index in [9.17, 15) is 4.79 Å². The Balaban J connectivity index is 1.41. The third-order valence-electron chi connectivity index (χ3n) is 5.22. The van der Waals surface area contributed by atoms with Gasteiger partial charge in [0.25, 0.3) is 5.91 Å². The SMILES string of the molecule is COc1cc(C=C2C(=N)N3N=C(c4cccnc4)SC3=NC2=O)cc(Cl)c1OCc1ccc(Cl)cc1. The topological polar surface area (TPSA) is 100 Å². The van der Waals surface area contributed by atoms with Gasteiger partial charge in [0, 0.05) is 23.0 Å². The molecule has 1 amide bonds. The van der Waals surface area contributed by atoms with Crippen LogP contribution in [0, 0.1) is 5.41 Å². The van der Waals surface area contributed by atoms with Crippen LogP contribution in [-0.2, 0) is 11.4 Å². The first-order chi connectivity index (χ1) is 17.4. The summed E-state index contributed by atoms with van der Waals surface area (Å²) < 4.78 is 11.4. The Morgan fingerprint density at radius 3 is 2.69 bits per heavy atom. The number of carbonyl (C=O) groups excluding carboxylic acids is 1. The average Bonchev–Trinajstić information content (AvgIpc) is 3.31. The molecule has 0 atom stereocenters. The molecule has 3 heterocycles. The summed E-state index contributed by atoms with van der Waals surface area (Å²) in [6, 6.07) is 14.2. The molecule has 0 fully saturated rings. The van der Waals surface area contributed by atoms with Crippen molar-refractivity contribution >= 4 is 63.0 Å². The summed E-state index contributed by atoms with van der Waals surface area (Å²) in [7, 11) is 1.50. The van der Waals surface area contributed by atoms with Crippen molar-refractivity contribution in [1.29, 1.82) is 5.41 Å². The molecule has 0 saturated heterocycles. The third-order valence-corrected chi connectivity index (χ3v) is 6.71. The molecule has 3 aromatic rings. The van der Waals surface area contributed by atoms with Crippen LogP contribution < -0.4 is 9.47 Å². The van der Waals surface area contributed by atoms with E-state index in [1.807, 2.05) is 18.2 Å². The molecule has 0 radical (unpaired) electrons. The Labute approximate surface area is 220 Å². The van der Waals surface area contributed by atoms with Crippen molar-refractivity contribution in [1.82, 2.24) is 9.99 Å². The number of methoxy groups -OCH3 is 1. The molecule has 0 spiro atoms. The monoisotopic (exact) mass is 537 g/mol. The van der Waals surface area contributed by atoms with Crippen molar-refractivity contribution < 1.29 is 14.3 Å². The zero-order chi connectivity index (χ0) is 25.2. The van der Waals surface area contributed by atoms with Crippen LogP contribution in [0.25, 0.3) is 6.08 Å². The number of carbonyl (C=O) groups is 1. The summed E-state index contributed by atoms with van der Waals surface area (Å²) in [5.74, 6) is 0.119. The smallest absolute Gasteiger partial charge is 0.283 e. The normalized spacial score (nSPS) is 16.1. The summed E-state index contributed by atoms with van der Waals surface area (Å²) in [5, 5.41) is 16.2. The van der Waals surface area contributed by atoms with Gasteiger partial charge in [0.15, 0.2) is 17.3 Å². The Kier molecular flexibility index (Phi) is 6.77. The predicted molar refractivity (Wildman–Crippen MR) is 142 cm³/mol. The van der Waals surface area contributed by atoms with Gasteiger partial charge in [-0.2, -0.15) is 15.1 Å². The first kappa shape index (κ1) is 24.1. The van der Waals surface area contributed by atoms with Gasteiger partial charge in [0.05, 0.1) is 17.7 Å². The second kappa shape index (κ2) is 10.1. The van der Waals surface area contributed by atoms with Gasteiger partial charge in [-0.3, -0.25) is 15.2 Å². The number of aliphatic imine (C=N–C) groups is 1. The fourth-order valence-electron chi connectivity index (χ4n) is 3.46. The Hall–Kier alpha value is -3.66. The van der Waals surface area contributed by atoms with Crippen molar-refractivity contribution in [2.24, 2.45) is 10.1 Å². The summed E-state index contributed by atoms with van der Waals surface area (Å²) in [5.41, 5.74) is 2.30. The molecular formula is C25H17Cl2N5O3S. The fraction of sp³-hybridized carbons (Fsp3) is 0.0800. The Morgan fingerprint density at radius 1 is 1.17 bits per heavy atom. The first-order valence-electron chi connectivity index (χ1n) is 10.6. The van der Waals surface area contributed by atoms with Gasteiger partial charge in [-0.15, -0.1) is 0 Å². The Bertz CT molecular complexity index is 1460. The van der Waals surface area contributed by atoms with Crippen molar-refractivity contribution in [3.05, 3.63) is 93.2 Å². The number of pyridine rings is 1. The highest BCUT2D eigenvalue weighted by Crippen LogP contribution is 2.38. The third kappa shape index (κ3) is 4.86. The van der Waals surface area contributed by atoms with Crippen LogP contribution in [0.1, 0.15) is 16.7 Å². The maximum Gasteiger partial charge on any atom is 0.283 e. The van der Waals surface area contributed by atoms with Crippen LogP contribution in [0.5, 0.6) is 11.5 Å². The average molecular weight is 538 g/mol. The van der Waals surface area contributed by atoms with E-state index in [-0.39, 0.29) is 18.0 Å². The van der Waals surface area contributed by atoms with Gasteiger partial charge in [-0.25, -0.2) is 0 Å². The van der Waals surface area contributed by atoms with Crippen LogP contribution in [0.3, 0.4) is 0 Å². The molecule has 2 aliphatic heterocycles. The van der Waals surface area contributed by atoms with E-state index in [1.54, 1.807) is 42.7 Å². The van der Waals surface area contributed by atoms with Gasteiger partial charge in [-0.05, 0) is 65.4 Å². The number of nitrogens with one attached hydrogen (secondary N) is 1. The van der Waals surface area contributed by atoms with E-state index in [4.69, 9.17) is 38.1 Å². The minimum absolute atomic E-state index is 0.0727. The van der Waals surface area contributed by atoms with E-state index in [2.05, 4.69) is 15.1 Å². The lowest BCUT2D eigenvalue weighted by molar-refractivity contribution is -0.114. The molecule has 2 aromatic carbocycles. The lowest BCUT2D eigenvalue weighted by atomic mass is 10.1. The molecule has 0 bridgehead atoms. The standard InChI is InChI=1S/C25H17Cl2N5O3S/c1-34-20-11-15(10-19(27)21(20)35-13-14-4-6-17(26)7-5-14)9-18-22(28)32-25(30-23(18)33)36-24(31-32)16-3-2-8-29-12-16/h2-12,28H,13H2,1H3. The second-order valence-corrected chi connectivity index (χ2v) is 9.42. The quantitative estimate of drug-likeness (QED) is 0.408. The van der Waals surface area contributed by atoms with Crippen molar-refractivity contribution in [2.45, 2.75) is 6.61 Å². The highest BCUT2D eigenvalue weighted by Gasteiger charge is 2.36. The van der Waals surface area contributed by atoms with E-state index in [0.29, 0.717) is 37.3 Å². The number of thioether (sulfide) groups is 1. The van der Waals surface area contributed by atoms with Crippen molar-refractivity contribution in [3.8, 4) is 11.5 Å². The maximum absolute atomic E-state index is 12.8. The van der Waals surface area contributed by atoms with Gasteiger partial charge in [-0.1, -0.05) is 35.3 Å². The first-order valence-corrected chi connectivity index (χ1v) is 12.2. The molecule has 1 N–H and O–H groups in total. The molecule has 0 aliphatic carbocycles. The van der Waals surface area contributed by atoms with Gasteiger partial charge >= 0.3 is 0 Å². The number of hydrogen-bond donors (Lipinski definition) is 1. The zero-order valence-electron chi connectivity index (χ0n) is 18.7. The zero-order valence-corrected chi connectivity index (χ0v) is 21.1. The van der Waals surface area contributed by atoms with Gasteiger partial charge < -0.3 is 9.47 Å². The molecule has 8 nitrogen and oxygen atoms in total. The fourth-order valence-corrected chi connectivity index (χ4v) is 4.74. The highest BCUT2D eigenvalue weighted by atomic mass is 35.5. The van der Waals surface area contributed by atoms with E-state index in [0.717, 1.165) is 11.1 Å². The summed E-state index contributed by atoms with van der Waals surface area (Å²) in [6.45, 7) is 0.262. The summed E-state index contributed by atoms with van der Waals surface area (Å²) >= 11 is 13.7. The van der Waals surface area contributed by atoms with Crippen LogP contribution in [0.2, 0.25) is 10.0 Å². The number of amides is 1. The number of aromatic nitrogens is 1. The summed E-state index contributed by atoms with van der Waals surface area (Å²) in [4.78, 5) is 21.0. The summed E-state index contributed by atoms with van der Waals surface area (Å²) in [6.07, 6.45) is 4.86. The molecule has 5 rings (SSSR count). The largest absolute Gasteiger partial charge is 0.493 e. The number of fused-ring (bicyclic) bond motifs is 1. The predicted octanol–water partition coefficient (Wildman–Crippen LogP) is 5.64. The number of nitrogens with zero attached hydrogens (tertiary/aromatic N) is 4. The Morgan fingerprint density at radius 2 is 1.97 bits per heavy atom. The van der Waals surface area contributed by atoms with Crippen molar-refractivity contribution in [2.75, 3.05) is 7.11 Å². The van der Waals surface area contributed by atoms with Crippen LogP contribution in [-0.4, -0.2) is 39.1 Å². The lowest BCUT2D eigenvalue weighted by Crippen LogP contribution is -2.35. The van der Waals surface area contributed by atoms with E-state index < -0.39 is 5.91 Å². The van der Waals surface area contributed by atoms with Crippen molar-refractivity contribution in [3.63, 3.8) is 0 Å². The number of hydrazone groups is 1. The van der Waals surface area contributed by atoms with Crippen LogP contribution in [0.15, 0.2) is 76.6 Å². The number of rotatable bonds is 6. The maximum atomic E-state index is 12.8. The minimum Gasteiger partial charge on any atom is -0.493 e. The highest BCUT2D eigenvalue weighted by molar-refractivity contribution is 8.27. The number of halogens is 2. The molecule has 180 valence electrons. The molecule has 0 saturated carbocycles. The molecule has 0 unspecified atom stereocenters. The van der Waals surface area contributed by atoms with E-state index in [1.165, 1.54) is 30.0 Å². The molecule has 2 aliphatic rings.